The summed E-state index contributed by atoms with van der Waals surface area (Å²) in [6.45, 7) is 4.85. The quantitative estimate of drug-likeness (QED) is 0.857. The van der Waals surface area contributed by atoms with Crippen molar-refractivity contribution in [3.63, 3.8) is 0 Å². The Morgan fingerprint density at radius 2 is 1.86 bits per heavy atom. The summed E-state index contributed by atoms with van der Waals surface area (Å²) in [6.07, 6.45) is 6.76. The first kappa shape index (κ1) is 13.8. The average Bonchev–Trinajstić information content (AvgIpc) is 3.24. The largest absolute Gasteiger partial charge is 0.327 e. The maximum absolute atomic E-state index is 6.78. The van der Waals surface area contributed by atoms with Crippen LogP contribution >= 0.6 is 0 Å². The highest BCUT2D eigenvalue weighted by molar-refractivity contribution is 5.40. The van der Waals surface area contributed by atoms with Crippen LogP contribution in [0.15, 0.2) is 24.3 Å². The lowest BCUT2D eigenvalue weighted by Gasteiger charge is -2.35. The minimum Gasteiger partial charge on any atom is -0.327 e. The summed E-state index contributed by atoms with van der Waals surface area (Å²) in [7, 11) is 0. The predicted octanol–water partition coefficient (Wildman–Crippen LogP) is 4.36. The first-order valence-corrected chi connectivity index (χ1v) is 9.00. The molecular formula is C20H29N. The monoisotopic (exact) mass is 283 g/mol. The maximum atomic E-state index is 6.78. The van der Waals surface area contributed by atoms with Crippen molar-refractivity contribution < 1.29 is 0 Å². The molecule has 0 saturated heterocycles. The molecule has 0 bridgehead atoms. The summed E-state index contributed by atoms with van der Waals surface area (Å²) in [5, 5.41) is 0. The molecule has 7 unspecified atom stereocenters. The number of rotatable bonds is 2. The highest BCUT2D eigenvalue weighted by atomic mass is 14.8. The Labute approximate surface area is 129 Å². The van der Waals surface area contributed by atoms with E-state index in [2.05, 4.69) is 38.1 Å². The Morgan fingerprint density at radius 3 is 2.67 bits per heavy atom. The van der Waals surface area contributed by atoms with E-state index in [1.807, 2.05) is 0 Å². The predicted molar refractivity (Wildman–Crippen MR) is 88.1 cm³/mol. The maximum Gasteiger partial charge on any atom is 0.0105 e. The molecule has 7 atom stereocenters. The number of hydrogen-bond acceptors (Lipinski definition) is 1. The van der Waals surface area contributed by atoms with Crippen molar-refractivity contribution in [3.05, 3.63) is 35.4 Å². The zero-order valence-corrected chi connectivity index (χ0v) is 13.5. The van der Waals surface area contributed by atoms with Gasteiger partial charge in [0.2, 0.25) is 0 Å². The minimum atomic E-state index is 0.445. The Hall–Kier alpha value is -0.820. The van der Waals surface area contributed by atoms with Gasteiger partial charge in [-0.2, -0.15) is 0 Å². The number of nitrogens with two attached hydrogens (primary N) is 1. The Balaban J connectivity index is 1.49. The lowest BCUT2D eigenvalue weighted by molar-refractivity contribution is 0.174. The van der Waals surface area contributed by atoms with Crippen LogP contribution in [0.4, 0.5) is 0 Å². The van der Waals surface area contributed by atoms with Crippen LogP contribution in [0, 0.1) is 29.6 Å². The smallest absolute Gasteiger partial charge is 0.0105 e. The van der Waals surface area contributed by atoms with Crippen LogP contribution in [-0.2, 0) is 6.42 Å². The van der Waals surface area contributed by atoms with Crippen molar-refractivity contribution in [1.29, 1.82) is 0 Å². The fourth-order valence-electron chi connectivity index (χ4n) is 5.40. The van der Waals surface area contributed by atoms with Gasteiger partial charge in [-0.3, -0.25) is 0 Å². The molecule has 21 heavy (non-hydrogen) atoms. The van der Waals surface area contributed by atoms with Gasteiger partial charge in [0.15, 0.2) is 0 Å². The van der Waals surface area contributed by atoms with Crippen LogP contribution in [0.3, 0.4) is 0 Å². The zero-order valence-electron chi connectivity index (χ0n) is 13.5. The van der Waals surface area contributed by atoms with Gasteiger partial charge < -0.3 is 5.73 Å². The number of hydrogen-bond donors (Lipinski definition) is 1. The third-order valence-corrected chi connectivity index (χ3v) is 7.02. The zero-order chi connectivity index (χ0) is 14.6. The van der Waals surface area contributed by atoms with Crippen LogP contribution in [-0.4, -0.2) is 6.04 Å². The van der Waals surface area contributed by atoms with Crippen LogP contribution in [0.25, 0.3) is 0 Å². The van der Waals surface area contributed by atoms with E-state index in [1.165, 1.54) is 32.1 Å². The van der Waals surface area contributed by atoms with E-state index in [4.69, 9.17) is 5.73 Å². The second kappa shape index (κ2) is 5.12. The van der Waals surface area contributed by atoms with E-state index < -0.39 is 0 Å². The number of benzene rings is 1. The molecule has 0 radical (unpaired) electrons. The normalized spacial score (nSPS) is 42.8. The van der Waals surface area contributed by atoms with Gasteiger partial charge >= 0.3 is 0 Å². The van der Waals surface area contributed by atoms with Crippen molar-refractivity contribution in [2.24, 2.45) is 35.3 Å². The SMILES string of the molecule is CC1CCC(C(N)C2C3CCc4ccccc4C32)CC1C. The summed E-state index contributed by atoms with van der Waals surface area (Å²) in [4.78, 5) is 0. The van der Waals surface area contributed by atoms with E-state index in [0.717, 1.165) is 35.5 Å². The highest BCUT2D eigenvalue weighted by Gasteiger charge is 2.56. The van der Waals surface area contributed by atoms with E-state index in [9.17, 15) is 0 Å². The van der Waals surface area contributed by atoms with Crippen LogP contribution in [0.1, 0.15) is 56.6 Å². The highest BCUT2D eigenvalue weighted by Crippen LogP contribution is 2.62. The van der Waals surface area contributed by atoms with E-state index in [0.29, 0.717) is 6.04 Å². The van der Waals surface area contributed by atoms with Gasteiger partial charge in [-0.15, -0.1) is 0 Å². The molecule has 0 heterocycles. The molecule has 3 aliphatic rings. The van der Waals surface area contributed by atoms with Crippen molar-refractivity contribution in [2.45, 2.75) is 57.9 Å². The van der Waals surface area contributed by atoms with Gasteiger partial charge in [0.05, 0.1) is 0 Å². The third-order valence-electron chi connectivity index (χ3n) is 7.02. The average molecular weight is 283 g/mol. The van der Waals surface area contributed by atoms with E-state index >= 15 is 0 Å². The first-order valence-electron chi connectivity index (χ1n) is 9.00. The first-order chi connectivity index (χ1) is 10.2. The van der Waals surface area contributed by atoms with Crippen LogP contribution < -0.4 is 5.73 Å². The summed E-state index contributed by atoms with van der Waals surface area (Å²) in [5.41, 5.74) is 10.0. The van der Waals surface area contributed by atoms with Gasteiger partial charge in [0, 0.05) is 6.04 Å². The van der Waals surface area contributed by atoms with Crippen molar-refractivity contribution in [2.75, 3.05) is 0 Å². The van der Waals surface area contributed by atoms with Crippen LogP contribution in [0.5, 0.6) is 0 Å². The second-order valence-electron chi connectivity index (χ2n) is 8.11. The summed E-state index contributed by atoms with van der Waals surface area (Å²) in [6, 6.07) is 9.55. The minimum absolute atomic E-state index is 0.445. The van der Waals surface area contributed by atoms with Gasteiger partial charge in [-0.1, -0.05) is 44.5 Å². The van der Waals surface area contributed by atoms with Gasteiger partial charge in [0.25, 0.3) is 0 Å². The van der Waals surface area contributed by atoms with Gasteiger partial charge in [0.1, 0.15) is 0 Å². The summed E-state index contributed by atoms with van der Waals surface area (Å²) in [5.74, 6) is 5.00. The van der Waals surface area contributed by atoms with Crippen LogP contribution in [0.2, 0.25) is 0 Å². The molecular weight excluding hydrogens is 254 g/mol. The molecule has 1 aromatic rings. The molecule has 0 spiro atoms. The Kier molecular flexibility index (Phi) is 3.37. The summed E-state index contributed by atoms with van der Waals surface area (Å²) < 4.78 is 0. The molecule has 1 heteroatoms. The molecule has 114 valence electrons. The van der Waals surface area contributed by atoms with Gasteiger partial charge in [-0.05, 0) is 72.3 Å². The fraction of sp³-hybridized carbons (Fsp3) is 0.700. The topological polar surface area (TPSA) is 26.0 Å². The Morgan fingerprint density at radius 1 is 1.05 bits per heavy atom. The standard InChI is InChI=1S/C20H29N/c1-12-7-8-15(11-13(12)2)20(21)19-17-10-9-14-5-3-4-6-16(14)18(17)19/h3-6,12-13,15,17-20H,7-11,21H2,1-2H3. The lowest BCUT2D eigenvalue weighted by atomic mass is 9.72. The third kappa shape index (κ3) is 2.25. The fourth-order valence-corrected chi connectivity index (χ4v) is 5.40. The Bertz CT molecular complexity index is 522. The molecule has 3 aliphatic carbocycles. The number of aryl methyl sites for hydroxylation is 1. The molecule has 0 aromatic heterocycles. The van der Waals surface area contributed by atoms with Crippen molar-refractivity contribution >= 4 is 0 Å². The van der Waals surface area contributed by atoms with Crippen molar-refractivity contribution in [1.82, 2.24) is 0 Å². The number of fused-ring (bicyclic) bond motifs is 3. The molecule has 4 rings (SSSR count). The molecule has 1 aromatic carbocycles. The summed E-state index contributed by atoms with van der Waals surface area (Å²) >= 11 is 0. The molecule has 2 fully saturated rings. The van der Waals surface area contributed by atoms with Gasteiger partial charge in [-0.25, -0.2) is 0 Å². The molecule has 1 nitrogen and oxygen atoms in total. The molecule has 2 N–H and O–H groups in total. The molecule has 0 aliphatic heterocycles. The van der Waals surface area contributed by atoms with Crippen molar-refractivity contribution in [3.8, 4) is 0 Å². The molecule has 0 amide bonds. The van der Waals surface area contributed by atoms with E-state index in [1.54, 1.807) is 11.1 Å². The van der Waals surface area contributed by atoms with E-state index in [-0.39, 0.29) is 0 Å². The molecule has 2 saturated carbocycles. The lowest BCUT2D eigenvalue weighted by Crippen LogP contribution is -2.37. The second-order valence-corrected chi connectivity index (χ2v) is 8.11.